The Balaban J connectivity index is 1.48. The van der Waals surface area contributed by atoms with Crippen LogP contribution < -0.4 is 15.4 Å². The first-order chi connectivity index (χ1) is 14.3. The number of hydrogen-bond donors (Lipinski definition) is 2. The summed E-state index contributed by atoms with van der Waals surface area (Å²) < 4.78 is 19.7. The van der Waals surface area contributed by atoms with Crippen LogP contribution in [0.1, 0.15) is 5.56 Å². The van der Waals surface area contributed by atoms with Crippen LogP contribution in [0.15, 0.2) is 85.1 Å². The molecule has 0 bridgehead atoms. The Kier molecular flexibility index (Phi) is 5.57. The number of aromatic nitrogens is 3. The minimum atomic E-state index is -0.283. The van der Waals surface area contributed by atoms with Gasteiger partial charge in [-0.3, -0.25) is 0 Å². The second-order valence-corrected chi connectivity index (χ2v) is 6.15. The average Bonchev–Trinajstić information content (AvgIpc) is 2.76. The number of halogens is 1. The van der Waals surface area contributed by atoms with Gasteiger partial charge in [-0.1, -0.05) is 48.5 Å². The number of anilines is 3. The molecule has 6 nitrogen and oxygen atoms in total. The fourth-order valence-corrected chi connectivity index (χ4v) is 2.67. The lowest BCUT2D eigenvalue weighted by Crippen LogP contribution is -2.07. The molecule has 0 fully saturated rings. The number of nitrogens with one attached hydrogen (secondary N) is 2. The van der Waals surface area contributed by atoms with Crippen molar-refractivity contribution in [1.82, 2.24) is 15.2 Å². The maximum absolute atomic E-state index is 13.8. The molecule has 7 heteroatoms. The number of para-hydroxylation sites is 3. The largest absolute Gasteiger partial charge is 0.455 e. The zero-order valence-electron chi connectivity index (χ0n) is 15.4. The van der Waals surface area contributed by atoms with Crippen LogP contribution in [-0.4, -0.2) is 15.2 Å². The highest BCUT2D eigenvalue weighted by atomic mass is 19.1. The minimum absolute atomic E-state index is 0.255. The maximum Gasteiger partial charge on any atom is 0.244 e. The van der Waals surface area contributed by atoms with Crippen molar-refractivity contribution in [2.45, 2.75) is 6.54 Å². The molecule has 0 atom stereocenters. The van der Waals surface area contributed by atoms with E-state index in [2.05, 4.69) is 25.8 Å². The van der Waals surface area contributed by atoms with Gasteiger partial charge in [0.25, 0.3) is 0 Å². The van der Waals surface area contributed by atoms with Crippen LogP contribution >= 0.6 is 0 Å². The van der Waals surface area contributed by atoms with E-state index in [1.165, 1.54) is 12.3 Å². The third-order valence-electron chi connectivity index (χ3n) is 4.07. The quantitative estimate of drug-likeness (QED) is 0.456. The van der Waals surface area contributed by atoms with Gasteiger partial charge in [0.15, 0.2) is 11.6 Å². The molecule has 29 heavy (non-hydrogen) atoms. The maximum atomic E-state index is 13.8. The number of nitrogens with zero attached hydrogens (tertiary/aromatic N) is 3. The van der Waals surface area contributed by atoms with Gasteiger partial charge in [-0.25, -0.2) is 4.39 Å². The monoisotopic (exact) mass is 387 g/mol. The second kappa shape index (κ2) is 8.79. The average molecular weight is 387 g/mol. The van der Waals surface area contributed by atoms with Crippen LogP contribution in [0.3, 0.4) is 0 Å². The highest BCUT2D eigenvalue weighted by molar-refractivity contribution is 5.64. The topological polar surface area (TPSA) is 72.0 Å². The molecular formula is C22H18FN5O. The van der Waals surface area contributed by atoms with E-state index in [-0.39, 0.29) is 12.4 Å². The molecule has 0 saturated heterocycles. The van der Waals surface area contributed by atoms with Crippen molar-refractivity contribution in [3.63, 3.8) is 0 Å². The summed E-state index contributed by atoms with van der Waals surface area (Å²) in [6.07, 6.45) is 1.51. The van der Waals surface area contributed by atoms with Crippen LogP contribution in [0.4, 0.5) is 21.8 Å². The van der Waals surface area contributed by atoms with Crippen molar-refractivity contribution in [3.05, 3.63) is 96.4 Å². The third-order valence-corrected chi connectivity index (χ3v) is 4.07. The molecule has 0 amide bonds. The fraction of sp³-hybridized carbons (Fsp3) is 0.0455. The first-order valence-electron chi connectivity index (χ1n) is 9.04. The van der Waals surface area contributed by atoms with Crippen molar-refractivity contribution in [3.8, 4) is 11.5 Å². The molecule has 0 unspecified atom stereocenters. The van der Waals surface area contributed by atoms with Crippen molar-refractivity contribution in [2.24, 2.45) is 0 Å². The summed E-state index contributed by atoms with van der Waals surface area (Å²) in [5.74, 6) is 1.88. The molecule has 0 spiro atoms. The summed E-state index contributed by atoms with van der Waals surface area (Å²) in [5.41, 5.74) is 1.26. The Hall–Kier alpha value is -4.00. The van der Waals surface area contributed by atoms with Gasteiger partial charge in [-0.2, -0.15) is 10.1 Å². The molecule has 0 aliphatic heterocycles. The number of hydrogen-bond acceptors (Lipinski definition) is 6. The van der Waals surface area contributed by atoms with Gasteiger partial charge in [0.2, 0.25) is 5.95 Å². The summed E-state index contributed by atoms with van der Waals surface area (Å²) in [5, 5.41) is 14.1. The van der Waals surface area contributed by atoms with E-state index in [0.29, 0.717) is 23.1 Å². The first-order valence-corrected chi connectivity index (χ1v) is 9.04. The van der Waals surface area contributed by atoms with Crippen LogP contribution in [0.2, 0.25) is 0 Å². The Labute approximate surface area is 167 Å². The van der Waals surface area contributed by atoms with E-state index in [9.17, 15) is 4.39 Å². The number of ether oxygens (including phenoxy) is 1. The molecule has 1 heterocycles. The van der Waals surface area contributed by atoms with Crippen molar-refractivity contribution >= 4 is 17.5 Å². The van der Waals surface area contributed by atoms with Crippen LogP contribution in [0.25, 0.3) is 0 Å². The zero-order chi connectivity index (χ0) is 19.9. The summed E-state index contributed by atoms with van der Waals surface area (Å²) in [6, 6.07) is 23.6. The predicted octanol–water partition coefficient (Wildman–Crippen LogP) is 5.16. The van der Waals surface area contributed by atoms with Crippen LogP contribution in [-0.2, 0) is 6.54 Å². The Morgan fingerprint density at radius 1 is 0.862 bits per heavy atom. The van der Waals surface area contributed by atoms with E-state index in [1.807, 2.05) is 54.6 Å². The Bertz CT molecular complexity index is 1090. The van der Waals surface area contributed by atoms with E-state index in [1.54, 1.807) is 18.2 Å². The van der Waals surface area contributed by atoms with Crippen LogP contribution in [0.5, 0.6) is 11.5 Å². The molecule has 0 aliphatic carbocycles. The molecule has 2 N–H and O–H groups in total. The molecule has 3 aromatic carbocycles. The van der Waals surface area contributed by atoms with Gasteiger partial charge in [-0.05, 0) is 30.3 Å². The van der Waals surface area contributed by atoms with Crippen molar-refractivity contribution < 1.29 is 9.13 Å². The summed E-state index contributed by atoms with van der Waals surface area (Å²) in [6.45, 7) is 0.255. The Morgan fingerprint density at radius 2 is 1.62 bits per heavy atom. The normalized spacial score (nSPS) is 10.4. The van der Waals surface area contributed by atoms with Gasteiger partial charge >= 0.3 is 0 Å². The molecule has 0 radical (unpaired) electrons. The molecule has 0 aliphatic rings. The molecule has 1 aromatic heterocycles. The van der Waals surface area contributed by atoms with E-state index < -0.39 is 0 Å². The summed E-state index contributed by atoms with van der Waals surface area (Å²) in [4.78, 5) is 4.39. The molecule has 4 aromatic rings. The van der Waals surface area contributed by atoms with E-state index >= 15 is 0 Å². The molecule has 4 rings (SSSR count). The van der Waals surface area contributed by atoms with Gasteiger partial charge < -0.3 is 15.4 Å². The fourth-order valence-electron chi connectivity index (χ4n) is 2.67. The molecule has 144 valence electrons. The van der Waals surface area contributed by atoms with Gasteiger partial charge in [0.1, 0.15) is 11.6 Å². The number of rotatable bonds is 7. The van der Waals surface area contributed by atoms with Gasteiger partial charge in [0.05, 0.1) is 11.9 Å². The minimum Gasteiger partial charge on any atom is -0.455 e. The highest BCUT2D eigenvalue weighted by Gasteiger charge is 2.08. The van der Waals surface area contributed by atoms with Crippen molar-refractivity contribution in [1.29, 1.82) is 0 Å². The molecular weight excluding hydrogens is 369 g/mol. The smallest absolute Gasteiger partial charge is 0.244 e. The van der Waals surface area contributed by atoms with Gasteiger partial charge in [-0.15, -0.1) is 5.10 Å². The SMILES string of the molecule is Fc1ccccc1CNc1nncc(Nc2ccccc2Oc2ccccc2)n1. The number of benzene rings is 3. The lowest BCUT2D eigenvalue weighted by molar-refractivity contribution is 0.485. The standard InChI is InChI=1S/C22H18FN5O/c23-18-11-5-4-8-16(18)14-24-22-27-21(15-25-28-22)26-19-12-6-7-13-20(19)29-17-9-2-1-3-10-17/h1-13,15H,14H2,(H2,24,26,27,28). The van der Waals surface area contributed by atoms with Crippen molar-refractivity contribution in [2.75, 3.05) is 10.6 Å². The first kappa shape index (κ1) is 18.4. The third kappa shape index (κ3) is 4.84. The lowest BCUT2D eigenvalue weighted by atomic mass is 10.2. The highest BCUT2D eigenvalue weighted by Crippen LogP contribution is 2.30. The van der Waals surface area contributed by atoms with Crippen LogP contribution in [0, 0.1) is 5.82 Å². The summed E-state index contributed by atoms with van der Waals surface area (Å²) in [7, 11) is 0. The van der Waals surface area contributed by atoms with E-state index in [0.717, 1.165) is 11.4 Å². The zero-order valence-corrected chi connectivity index (χ0v) is 15.4. The lowest BCUT2D eigenvalue weighted by Gasteiger charge is -2.13. The molecule has 0 saturated carbocycles. The summed E-state index contributed by atoms with van der Waals surface area (Å²) >= 11 is 0. The predicted molar refractivity (Wildman–Crippen MR) is 110 cm³/mol. The second-order valence-electron chi connectivity index (χ2n) is 6.15. The Morgan fingerprint density at radius 3 is 2.48 bits per heavy atom. The van der Waals surface area contributed by atoms with Gasteiger partial charge in [0, 0.05) is 12.1 Å². The van der Waals surface area contributed by atoms with E-state index in [4.69, 9.17) is 4.74 Å².